The Hall–Kier alpha value is -2.77. The van der Waals surface area contributed by atoms with Gasteiger partial charge in [-0.3, -0.25) is 4.79 Å². The maximum Gasteiger partial charge on any atom is 0.318 e. The second-order valence-corrected chi connectivity index (χ2v) is 7.87. The van der Waals surface area contributed by atoms with Gasteiger partial charge in [0.25, 0.3) is 5.91 Å². The molecule has 0 saturated heterocycles. The number of ether oxygens (including phenoxy) is 1. The van der Waals surface area contributed by atoms with Crippen LogP contribution in [0.1, 0.15) is 36.2 Å². The largest absolute Gasteiger partial charge is 0.494 e. The van der Waals surface area contributed by atoms with Gasteiger partial charge in [-0.15, -0.1) is 0 Å². The van der Waals surface area contributed by atoms with Gasteiger partial charge in [-0.05, 0) is 43.2 Å². The lowest BCUT2D eigenvalue weighted by Crippen LogP contribution is -2.48. The van der Waals surface area contributed by atoms with Gasteiger partial charge >= 0.3 is 6.03 Å². The van der Waals surface area contributed by atoms with Crippen LogP contribution in [0.25, 0.3) is 0 Å². The van der Waals surface area contributed by atoms with Gasteiger partial charge in [0.1, 0.15) is 5.75 Å². The SMILES string of the molecule is CCCOc1ccc(C(=O)N2C[C@@H](C)N(C(=O)NCCO)Cc3ccccc32)c(Cl)c1. The number of fused-ring (bicyclic) bond motifs is 1. The van der Waals surface area contributed by atoms with Crippen LogP contribution in [-0.4, -0.2) is 54.3 Å². The van der Waals surface area contributed by atoms with E-state index in [0.29, 0.717) is 36.0 Å². The molecule has 1 aliphatic heterocycles. The summed E-state index contributed by atoms with van der Waals surface area (Å²) in [6.07, 6.45) is 0.878. The Kier molecular flexibility index (Phi) is 7.76. The molecule has 1 heterocycles. The number of carbonyl (C=O) groups is 2. The molecule has 0 saturated carbocycles. The first-order valence-electron chi connectivity index (χ1n) is 10.4. The molecule has 0 bridgehead atoms. The Labute approximate surface area is 187 Å². The van der Waals surface area contributed by atoms with E-state index in [0.717, 1.165) is 17.7 Å². The fourth-order valence-electron chi connectivity index (χ4n) is 3.56. The average molecular weight is 446 g/mol. The summed E-state index contributed by atoms with van der Waals surface area (Å²) in [5.41, 5.74) is 1.99. The number of aliphatic hydroxyl groups is 1. The van der Waals surface area contributed by atoms with Crippen molar-refractivity contribution < 1.29 is 19.4 Å². The van der Waals surface area contributed by atoms with Crippen molar-refractivity contribution in [3.63, 3.8) is 0 Å². The summed E-state index contributed by atoms with van der Waals surface area (Å²) < 4.78 is 5.60. The number of para-hydroxylation sites is 1. The van der Waals surface area contributed by atoms with Gasteiger partial charge in [0.15, 0.2) is 0 Å². The second kappa shape index (κ2) is 10.5. The van der Waals surface area contributed by atoms with E-state index in [4.69, 9.17) is 21.4 Å². The first-order chi connectivity index (χ1) is 15.0. The molecular formula is C23H28ClN3O4. The van der Waals surface area contributed by atoms with Gasteiger partial charge in [0, 0.05) is 31.4 Å². The van der Waals surface area contributed by atoms with E-state index in [1.807, 2.05) is 38.1 Å². The van der Waals surface area contributed by atoms with E-state index in [1.54, 1.807) is 28.0 Å². The van der Waals surface area contributed by atoms with E-state index in [1.165, 1.54) is 0 Å². The van der Waals surface area contributed by atoms with Crippen LogP contribution >= 0.6 is 11.6 Å². The molecule has 0 aromatic heterocycles. The van der Waals surface area contributed by atoms with Crippen molar-refractivity contribution in [1.29, 1.82) is 0 Å². The Bertz CT molecular complexity index is 937. The molecule has 8 heteroatoms. The van der Waals surface area contributed by atoms with Gasteiger partial charge in [0.05, 0.1) is 23.8 Å². The molecule has 0 unspecified atom stereocenters. The monoisotopic (exact) mass is 445 g/mol. The third-order valence-corrected chi connectivity index (χ3v) is 5.45. The summed E-state index contributed by atoms with van der Waals surface area (Å²) in [5, 5.41) is 12.0. The third kappa shape index (κ3) is 5.29. The number of nitrogens with zero attached hydrogens (tertiary/aromatic N) is 2. The standard InChI is InChI=1S/C23H28ClN3O4/c1-3-12-31-18-8-9-19(20(24)13-18)22(29)27-14-16(2)26(23(30)25-10-11-28)15-17-6-4-5-7-21(17)27/h4-9,13,16,28H,3,10-12,14-15H2,1-2H3,(H,25,30)/t16-/m1/s1. The number of amides is 3. The van der Waals surface area contributed by atoms with Gasteiger partial charge in [-0.1, -0.05) is 36.7 Å². The fraction of sp³-hybridized carbons (Fsp3) is 0.391. The van der Waals surface area contributed by atoms with E-state index in [-0.39, 0.29) is 31.1 Å². The number of nitrogens with one attached hydrogen (secondary N) is 1. The van der Waals surface area contributed by atoms with Crippen molar-refractivity contribution in [3.8, 4) is 5.75 Å². The summed E-state index contributed by atoms with van der Waals surface area (Å²) >= 11 is 6.44. The van der Waals surface area contributed by atoms with Crippen LogP contribution in [0, 0.1) is 0 Å². The van der Waals surface area contributed by atoms with Crippen LogP contribution in [0.15, 0.2) is 42.5 Å². The molecule has 1 aliphatic rings. The molecule has 1 atom stereocenters. The van der Waals surface area contributed by atoms with Gasteiger partial charge in [-0.25, -0.2) is 4.79 Å². The minimum atomic E-state index is -0.277. The summed E-state index contributed by atoms with van der Waals surface area (Å²) in [7, 11) is 0. The average Bonchev–Trinajstić information content (AvgIpc) is 2.92. The molecule has 0 spiro atoms. The lowest BCUT2D eigenvalue weighted by atomic mass is 10.1. The minimum absolute atomic E-state index is 0.133. The number of halogens is 1. The number of aliphatic hydroxyl groups excluding tert-OH is 1. The molecule has 3 rings (SSSR count). The number of hydrogen-bond acceptors (Lipinski definition) is 4. The van der Waals surface area contributed by atoms with Crippen LogP contribution in [-0.2, 0) is 6.54 Å². The molecule has 0 aliphatic carbocycles. The van der Waals surface area contributed by atoms with E-state index in [2.05, 4.69) is 5.32 Å². The summed E-state index contributed by atoms with van der Waals surface area (Å²) in [5.74, 6) is 0.392. The highest BCUT2D eigenvalue weighted by molar-refractivity contribution is 6.34. The third-order valence-electron chi connectivity index (χ3n) is 5.14. The van der Waals surface area contributed by atoms with Crippen molar-refractivity contribution in [3.05, 3.63) is 58.6 Å². The Morgan fingerprint density at radius 1 is 1.26 bits per heavy atom. The Balaban J connectivity index is 1.90. The van der Waals surface area contributed by atoms with E-state index < -0.39 is 0 Å². The highest BCUT2D eigenvalue weighted by atomic mass is 35.5. The number of hydrogen-bond donors (Lipinski definition) is 2. The van der Waals surface area contributed by atoms with Crippen LogP contribution < -0.4 is 15.0 Å². The highest BCUT2D eigenvalue weighted by Crippen LogP contribution is 2.31. The van der Waals surface area contributed by atoms with Crippen LogP contribution in [0.2, 0.25) is 5.02 Å². The summed E-state index contributed by atoms with van der Waals surface area (Å²) in [6, 6.07) is 12.1. The van der Waals surface area contributed by atoms with E-state index >= 15 is 0 Å². The quantitative estimate of drug-likeness (QED) is 0.710. The first kappa shape index (κ1) is 22.9. The molecule has 2 N–H and O–H groups in total. The number of anilines is 1. The highest BCUT2D eigenvalue weighted by Gasteiger charge is 2.32. The van der Waals surface area contributed by atoms with Crippen molar-refractivity contribution in [2.75, 3.05) is 31.2 Å². The molecule has 0 fully saturated rings. The number of benzene rings is 2. The molecule has 2 aromatic rings. The fourth-order valence-corrected chi connectivity index (χ4v) is 3.81. The van der Waals surface area contributed by atoms with Crippen molar-refractivity contribution in [1.82, 2.24) is 10.2 Å². The molecule has 3 amide bonds. The second-order valence-electron chi connectivity index (χ2n) is 7.47. The lowest BCUT2D eigenvalue weighted by Gasteiger charge is -2.29. The van der Waals surface area contributed by atoms with Crippen molar-refractivity contribution in [2.45, 2.75) is 32.9 Å². The molecule has 7 nitrogen and oxygen atoms in total. The van der Waals surface area contributed by atoms with Crippen LogP contribution in [0.5, 0.6) is 5.75 Å². The van der Waals surface area contributed by atoms with Crippen LogP contribution in [0.3, 0.4) is 0 Å². The summed E-state index contributed by atoms with van der Waals surface area (Å²) in [4.78, 5) is 29.5. The first-order valence-corrected chi connectivity index (χ1v) is 10.8. The number of urea groups is 1. The topological polar surface area (TPSA) is 82.1 Å². The zero-order chi connectivity index (χ0) is 22.4. The Morgan fingerprint density at radius 2 is 2.03 bits per heavy atom. The summed E-state index contributed by atoms with van der Waals surface area (Å²) in [6.45, 7) is 5.20. The zero-order valence-electron chi connectivity index (χ0n) is 17.8. The van der Waals surface area contributed by atoms with Gasteiger partial charge in [0.2, 0.25) is 0 Å². The zero-order valence-corrected chi connectivity index (χ0v) is 18.6. The number of carbonyl (C=O) groups excluding carboxylic acids is 2. The van der Waals surface area contributed by atoms with Gasteiger partial charge < -0.3 is 25.0 Å². The maximum absolute atomic E-state index is 13.5. The van der Waals surface area contributed by atoms with Crippen LogP contribution in [0.4, 0.5) is 10.5 Å². The maximum atomic E-state index is 13.5. The molecule has 31 heavy (non-hydrogen) atoms. The molecular weight excluding hydrogens is 418 g/mol. The van der Waals surface area contributed by atoms with Crippen molar-refractivity contribution in [2.24, 2.45) is 0 Å². The molecule has 2 aromatic carbocycles. The predicted octanol–water partition coefficient (Wildman–Crippen LogP) is 3.68. The Morgan fingerprint density at radius 3 is 2.74 bits per heavy atom. The predicted molar refractivity (Wildman–Crippen MR) is 121 cm³/mol. The molecule has 0 radical (unpaired) electrons. The normalized spacial score (nSPS) is 15.8. The van der Waals surface area contributed by atoms with Gasteiger partial charge in [-0.2, -0.15) is 0 Å². The lowest BCUT2D eigenvalue weighted by molar-refractivity contribution is 0.0980. The minimum Gasteiger partial charge on any atom is -0.494 e. The smallest absolute Gasteiger partial charge is 0.318 e. The molecule has 166 valence electrons. The number of rotatable bonds is 6. The van der Waals surface area contributed by atoms with E-state index in [9.17, 15) is 9.59 Å². The van der Waals surface area contributed by atoms with Crippen molar-refractivity contribution >= 4 is 29.2 Å².